The predicted octanol–water partition coefficient (Wildman–Crippen LogP) is 2.31. The van der Waals surface area contributed by atoms with E-state index in [0.29, 0.717) is 6.41 Å². The Morgan fingerprint density at radius 3 is 2.56 bits per heavy atom. The third kappa shape index (κ3) is 3.24. The molecule has 1 aliphatic heterocycles. The molecule has 2 amide bonds. The standard InChI is InChI=1S/C19H20N4O2/c1-19(11-17(25)23(2)18(20)22-19)15-7-3-5-13(9-15)14-6-4-8-16(10-14)21-12-24/h3-10,12H,11H2,1-2H3,(H2,20,22)(H,21,24). The van der Waals surface area contributed by atoms with Crippen molar-refractivity contribution in [3.8, 4) is 11.1 Å². The number of carbonyl (C=O) groups excluding carboxylic acids is 2. The molecule has 3 N–H and O–H groups in total. The zero-order valence-electron chi connectivity index (χ0n) is 14.2. The summed E-state index contributed by atoms with van der Waals surface area (Å²) in [6.45, 7) is 1.91. The van der Waals surface area contributed by atoms with Crippen LogP contribution in [0.4, 0.5) is 5.69 Å². The van der Waals surface area contributed by atoms with Gasteiger partial charge < -0.3 is 11.1 Å². The van der Waals surface area contributed by atoms with Gasteiger partial charge in [-0.2, -0.15) is 0 Å². The highest BCUT2D eigenvalue weighted by Crippen LogP contribution is 2.35. The number of hydrogen-bond acceptors (Lipinski definition) is 4. The number of amides is 2. The summed E-state index contributed by atoms with van der Waals surface area (Å²) >= 11 is 0. The number of nitrogens with two attached hydrogens (primary N) is 1. The fraction of sp³-hybridized carbons (Fsp3) is 0.211. The molecule has 0 fully saturated rings. The molecule has 25 heavy (non-hydrogen) atoms. The third-order valence-electron chi connectivity index (χ3n) is 4.48. The van der Waals surface area contributed by atoms with Crippen LogP contribution in [0.2, 0.25) is 0 Å². The fourth-order valence-corrected chi connectivity index (χ4v) is 2.97. The number of rotatable bonds is 4. The van der Waals surface area contributed by atoms with Gasteiger partial charge in [-0.05, 0) is 41.8 Å². The van der Waals surface area contributed by atoms with Gasteiger partial charge in [-0.25, -0.2) is 4.99 Å². The molecule has 0 aromatic heterocycles. The molecule has 1 heterocycles. The van der Waals surface area contributed by atoms with Crippen LogP contribution in [0.25, 0.3) is 11.1 Å². The van der Waals surface area contributed by atoms with E-state index in [1.165, 1.54) is 4.90 Å². The monoisotopic (exact) mass is 336 g/mol. The maximum absolute atomic E-state index is 12.2. The van der Waals surface area contributed by atoms with Crippen LogP contribution in [0.5, 0.6) is 0 Å². The lowest BCUT2D eigenvalue weighted by atomic mass is 9.86. The van der Waals surface area contributed by atoms with E-state index in [1.54, 1.807) is 7.05 Å². The maximum Gasteiger partial charge on any atom is 0.231 e. The van der Waals surface area contributed by atoms with Gasteiger partial charge in [-0.1, -0.05) is 30.3 Å². The molecule has 0 bridgehead atoms. The molecule has 0 spiro atoms. The highest BCUT2D eigenvalue weighted by atomic mass is 16.2. The van der Waals surface area contributed by atoms with Crippen LogP contribution < -0.4 is 11.1 Å². The summed E-state index contributed by atoms with van der Waals surface area (Å²) in [7, 11) is 1.63. The largest absolute Gasteiger partial charge is 0.369 e. The van der Waals surface area contributed by atoms with Crippen molar-refractivity contribution in [1.29, 1.82) is 0 Å². The second-order valence-corrected chi connectivity index (χ2v) is 6.30. The summed E-state index contributed by atoms with van der Waals surface area (Å²) in [4.78, 5) is 28.7. The third-order valence-corrected chi connectivity index (χ3v) is 4.48. The first-order valence-corrected chi connectivity index (χ1v) is 7.96. The highest BCUT2D eigenvalue weighted by molar-refractivity contribution is 5.98. The van der Waals surface area contributed by atoms with Gasteiger partial charge in [0, 0.05) is 12.7 Å². The molecule has 6 nitrogen and oxygen atoms in total. The van der Waals surface area contributed by atoms with Crippen molar-refractivity contribution in [2.75, 3.05) is 12.4 Å². The van der Waals surface area contributed by atoms with Crippen molar-refractivity contribution in [3.05, 3.63) is 54.1 Å². The van der Waals surface area contributed by atoms with Crippen LogP contribution >= 0.6 is 0 Å². The SMILES string of the molecule is CN1C(=O)CC(C)(c2cccc(-c3cccc(NC=O)c3)c2)N=C1N. The van der Waals surface area contributed by atoms with E-state index in [9.17, 15) is 9.59 Å². The maximum atomic E-state index is 12.2. The van der Waals surface area contributed by atoms with E-state index in [4.69, 9.17) is 5.73 Å². The number of anilines is 1. The summed E-state index contributed by atoms with van der Waals surface area (Å²) < 4.78 is 0. The fourth-order valence-electron chi connectivity index (χ4n) is 2.97. The van der Waals surface area contributed by atoms with Crippen LogP contribution in [0, 0.1) is 0 Å². The summed E-state index contributed by atoms with van der Waals surface area (Å²) in [5, 5.41) is 2.65. The van der Waals surface area contributed by atoms with Crippen LogP contribution in [-0.4, -0.2) is 30.2 Å². The van der Waals surface area contributed by atoms with E-state index in [0.717, 1.165) is 22.4 Å². The lowest BCUT2D eigenvalue weighted by molar-refractivity contribution is -0.128. The summed E-state index contributed by atoms with van der Waals surface area (Å²) in [5.74, 6) is 0.166. The van der Waals surface area contributed by atoms with Gasteiger partial charge in [0.05, 0.1) is 12.0 Å². The Bertz CT molecular complexity index is 862. The zero-order chi connectivity index (χ0) is 18.0. The summed E-state index contributed by atoms with van der Waals surface area (Å²) in [6.07, 6.45) is 0.915. The normalized spacial score (nSPS) is 20.2. The molecule has 1 unspecified atom stereocenters. The van der Waals surface area contributed by atoms with Gasteiger partial charge >= 0.3 is 0 Å². The molecule has 0 aliphatic carbocycles. The Hall–Kier alpha value is -3.15. The molecule has 1 atom stereocenters. The van der Waals surface area contributed by atoms with Gasteiger partial charge in [0.15, 0.2) is 5.96 Å². The lowest BCUT2D eigenvalue weighted by Gasteiger charge is -2.33. The minimum absolute atomic E-state index is 0.0578. The number of nitrogens with zero attached hydrogens (tertiary/aromatic N) is 2. The molecule has 3 rings (SSSR count). The van der Waals surface area contributed by atoms with Gasteiger partial charge in [0.2, 0.25) is 12.3 Å². The van der Waals surface area contributed by atoms with Crippen LogP contribution in [0.1, 0.15) is 18.9 Å². The first kappa shape index (κ1) is 16.7. The Balaban J connectivity index is 2.01. The zero-order valence-corrected chi connectivity index (χ0v) is 14.2. The Labute approximate surface area is 146 Å². The summed E-state index contributed by atoms with van der Waals surface area (Å²) in [6, 6.07) is 15.4. The smallest absolute Gasteiger partial charge is 0.231 e. The van der Waals surface area contributed by atoms with Gasteiger partial charge in [-0.3, -0.25) is 14.5 Å². The van der Waals surface area contributed by atoms with Gasteiger partial charge in [0.1, 0.15) is 0 Å². The van der Waals surface area contributed by atoms with Crippen molar-refractivity contribution in [2.24, 2.45) is 10.7 Å². The van der Waals surface area contributed by atoms with Crippen LogP contribution in [0.15, 0.2) is 53.5 Å². The van der Waals surface area contributed by atoms with Crippen molar-refractivity contribution in [1.82, 2.24) is 4.90 Å². The average molecular weight is 336 g/mol. The van der Waals surface area contributed by atoms with E-state index in [1.807, 2.05) is 55.5 Å². The lowest BCUT2D eigenvalue weighted by Crippen LogP contribution is -2.47. The molecule has 0 saturated heterocycles. The predicted molar refractivity (Wildman–Crippen MR) is 97.9 cm³/mol. The Morgan fingerprint density at radius 2 is 1.88 bits per heavy atom. The molecule has 0 saturated carbocycles. The second kappa shape index (κ2) is 6.39. The highest BCUT2D eigenvalue weighted by Gasteiger charge is 2.36. The van der Waals surface area contributed by atoms with E-state index in [-0.39, 0.29) is 18.3 Å². The van der Waals surface area contributed by atoms with Crippen molar-refractivity contribution in [2.45, 2.75) is 18.9 Å². The number of hydrogen-bond donors (Lipinski definition) is 2. The molecule has 128 valence electrons. The number of nitrogens with one attached hydrogen (secondary N) is 1. The van der Waals surface area contributed by atoms with Crippen molar-refractivity contribution >= 4 is 24.0 Å². The quantitative estimate of drug-likeness (QED) is 0.840. The number of benzene rings is 2. The molecule has 2 aromatic rings. The summed E-state index contributed by atoms with van der Waals surface area (Å²) in [5.41, 5.74) is 8.79. The number of aliphatic imine (C=N–C) groups is 1. The first-order chi connectivity index (χ1) is 11.9. The Morgan fingerprint density at radius 1 is 1.20 bits per heavy atom. The molecule has 1 aliphatic rings. The van der Waals surface area contributed by atoms with E-state index in [2.05, 4.69) is 10.3 Å². The van der Waals surface area contributed by atoms with E-state index < -0.39 is 5.54 Å². The molecule has 0 radical (unpaired) electrons. The van der Waals surface area contributed by atoms with Gasteiger partial charge in [0.25, 0.3) is 0 Å². The molecule has 2 aromatic carbocycles. The first-order valence-electron chi connectivity index (χ1n) is 7.96. The minimum Gasteiger partial charge on any atom is -0.369 e. The molecule has 6 heteroatoms. The topological polar surface area (TPSA) is 87.8 Å². The van der Waals surface area contributed by atoms with Gasteiger partial charge in [-0.15, -0.1) is 0 Å². The minimum atomic E-state index is -0.692. The van der Waals surface area contributed by atoms with Crippen molar-refractivity contribution < 1.29 is 9.59 Å². The average Bonchev–Trinajstić information content (AvgIpc) is 2.60. The second-order valence-electron chi connectivity index (χ2n) is 6.30. The van der Waals surface area contributed by atoms with E-state index >= 15 is 0 Å². The van der Waals surface area contributed by atoms with Crippen LogP contribution in [-0.2, 0) is 15.1 Å². The molecular formula is C19H20N4O2. The van der Waals surface area contributed by atoms with Crippen LogP contribution in [0.3, 0.4) is 0 Å². The number of guanidine groups is 1. The molecular weight excluding hydrogens is 316 g/mol. The Kier molecular flexibility index (Phi) is 4.27. The van der Waals surface area contributed by atoms with Crippen molar-refractivity contribution in [3.63, 3.8) is 0 Å². The number of carbonyl (C=O) groups is 2.